The minimum atomic E-state index is -3.64. The molecule has 0 bridgehead atoms. The van der Waals surface area contributed by atoms with E-state index in [9.17, 15) is 0 Å². The van der Waals surface area contributed by atoms with Gasteiger partial charge in [-0.05, 0) is 0 Å². The zero-order valence-electron chi connectivity index (χ0n) is 3.91. The van der Waals surface area contributed by atoms with Gasteiger partial charge in [0.25, 0.3) is 0 Å². The van der Waals surface area contributed by atoms with Crippen molar-refractivity contribution >= 4 is 42.6 Å². The molecule has 0 unspecified atom stereocenters. The molecule has 5 nitrogen and oxygen atoms in total. The molecule has 0 aliphatic heterocycles. The van der Waals surface area contributed by atoms with Crippen molar-refractivity contribution in [2.75, 3.05) is 0 Å². The summed E-state index contributed by atoms with van der Waals surface area (Å²) in [7, 11) is 0. The Labute approximate surface area is 66.6 Å². The quantitative estimate of drug-likeness (QED) is 0.375. The number of rotatable bonds is 2. The summed E-state index contributed by atoms with van der Waals surface area (Å²) in [6.45, 7) is 0. The van der Waals surface area contributed by atoms with Gasteiger partial charge in [-0.1, -0.05) is 0 Å². The molecule has 56 valence electrons. The topological polar surface area (TPSA) is 90.2 Å². The predicted octanol–water partition coefficient (Wildman–Crippen LogP) is -1.34. The second-order valence-electron chi connectivity index (χ2n) is 1.06. The molecule has 9 heavy (non-hydrogen) atoms. The van der Waals surface area contributed by atoms with Crippen LogP contribution in [0.15, 0.2) is 0 Å². The van der Waals surface area contributed by atoms with Crippen molar-refractivity contribution in [1.29, 1.82) is 0 Å². The van der Waals surface area contributed by atoms with Crippen molar-refractivity contribution in [2.24, 2.45) is 0 Å². The summed E-state index contributed by atoms with van der Waals surface area (Å²) in [6, 6.07) is 0. The van der Waals surface area contributed by atoms with E-state index in [1.165, 1.54) is 0 Å². The van der Waals surface area contributed by atoms with E-state index in [-0.39, 0.29) is 0 Å². The Hall–Kier alpha value is 1.70. The van der Waals surface area contributed by atoms with Crippen molar-refractivity contribution in [2.45, 2.75) is 0 Å². The van der Waals surface area contributed by atoms with Crippen molar-refractivity contribution < 1.29 is 23.9 Å². The molecule has 0 rings (SSSR count). The molecular formula is H4O5P2Se2. The van der Waals surface area contributed by atoms with Gasteiger partial charge in [-0.3, -0.25) is 0 Å². The summed E-state index contributed by atoms with van der Waals surface area (Å²) in [6.07, 6.45) is -7.29. The van der Waals surface area contributed by atoms with Crippen LogP contribution in [0.1, 0.15) is 0 Å². The first-order valence-corrected chi connectivity index (χ1v) is 9.19. The van der Waals surface area contributed by atoms with E-state index >= 15 is 0 Å². The number of hydrogen-bond acceptors (Lipinski definition) is 5. The van der Waals surface area contributed by atoms with Crippen LogP contribution in [0.2, 0.25) is 0 Å². The van der Waals surface area contributed by atoms with Crippen molar-refractivity contribution in [3.8, 4) is 0 Å². The Bertz CT molecular complexity index is 153. The standard InChI is InChI=1S/H4O5P2Se2/c1-6(2,8)5-7(3,4)9/h(H2,1,2,8)(H2,3,4,9). The Morgan fingerprint density at radius 1 is 0.889 bits per heavy atom. The van der Waals surface area contributed by atoms with E-state index in [2.05, 4.69) is 4.31 Å². The molecule has 0 fully saturated rings. The van der Waals surface area contributed by atoms with Crippen molar-refractivity contribution in [1.82, 2.24) is 0 Å². The first kappa shape index (κ1) is 10.7. The molecule has 0 saturated carbocycles. The summed E-state index contributed by atoms with van der Waals surface area (Å²) < 4.78 is 3.96. The average Bonchev–Trinajstić information content (AvgIpc) is 1.14. The molecule has 0 radical (unpaired) electrons. The fraction of sp³-hybridized carbons (Fsp3) is 0. The second kappa shape index (κ2) is 3.40. The monoisotopic (exact) mass is 306 g/mol. The maximum absolute atomic E-state index is 8.43. The van der Waals surface area contributed by atoms with Crippen LogP contribution in [-0.4, -0.2) is 49.8 Å². The van der Waals surface area contributed by atoms with E-state index in [1.54, 1.807) is 0 Å². The summed E-state index contributed by atoms with van der Waals surface area (Å²) in [5, 5.41) is 0. The Morgan fingerprint density at radius 2 is 1.11 bits per heavy atom. The first-order chi connectivity index (χ1) is 3.71. The third-order valence-corrected chi connectivity index (χ3v) is 4.43. The van der Waals surface area contributed by atoms with Crippen LogP contribution in [0.5, 0.6) is 0 Å². The van der Waals surface area contributed by atoms with Gasteiger partial charge in [0.1, 0.15) is 0 Å². The van der Waals surface area contributed by atoms with Crippen LogP contribution in [0.25, 0.3) is 0 Å². The van der Waals surface area contributed by atoms with Crippen LogP contribution in [-0.2, 0) is 4.31 Å². The first-order valence-electron chi connectivity index (χ1n) is 1.53. The van der Waals surface area contributed by atoms with Gasteiger partial charge in [0.05, 0.1) is 0 Å². The van der Waals surface area contributed by atoms with Crippen LogP contribution in [0.4, 0.5) is 0 Å². The van der Waals surface area contributed by atoms with E-state index in [0.717, 1.165) is 0 Å². The molecule has 0 heterocycles. The van der Waals surface area contributed by atoms with Crippen LogP contribution in [0, 0.1) is 0 Å². The summed E-state index contributed by atoms with van der Waals surface area (Å²) in [5.41, 5.74) is 0. The normalized spacial score (nSPS) is 13.8. The van der Waals surface area contributed by atoms with Crippen LogP contribution >= 0.6 is 12.4 Å². The molecular weight excluding hydrogens is 300 g/mol. The van der Waals surface area contributed by atoms with E-state index < -0.39 is 12.4 Å². The zero-order valence-corrected chi connectivity index (χ0v) is 9.12. The second-order valence-corrected chi connectivity index (χ2v) is 9.67. The van der Waals surface area contributed by atoms with Gasteiger partial charge in [0, 0.05) is 0 Å². The average molecular weight is 304 g/mol. The maximum atomic E-state index is 8.43. The molecule has 0 aromatic carbocycles. The molecule has 0 aromatic heterocycles. The molecule has 0 aliphatic carbocycles. The van der Waals surface area contributed by atoms with Gasteiger partial charge in [-0.2, -0.15) is 0 Å². The molecule has 0 aromatic rings. The van der Waals surface area contributed by atoms with Gasteiger partial charge < -0.3 is 0 Å². The fourth-order valence-electron chi connectivity index (χ4n) is 0.139. The van der Waals surface area contributed by atoms with Gasteiger partial charge >= 0.3 is 66.5 Å². The molecule has 0 aliphatic rings. The number of hydrogen-bond donors (Lipinski definition) is 4. The summed E-state index contributed by atoms with van der Waals surface area (Å²) in [5.74, 6) is 0. The Morgan fingerprint density at radius 3 is 1.11 bits per heavy atom. The van der Waals surface area contributed by atoms with Gasteiger partial charge in [-0.15, -0.1) is 0 Å². The minimum absolute atomic E-state index is 1.86. The van der Waals surface area contributed by atoms with Gasteiger partial charge in [-0.25, -0.2) is 0 Å². The SMILES string of the molecule is OP(O)(=[Se])OP(O)(O)=[Se]. The van der Waals surface area contributed by atoms with Crippen molar-refractivity contribution in [3.63, 3.8) is 0 Å². The van der Waals surface area contributed by atoms with Crippen LogP contribution in [0.3, 0.4) is 0 Å². The summed E-state index contributed by atoms with van der Waals surface area (Å²) >= 11 is 3.72. The van der Waals surface area contributed by atoms with Gasteiger partial charge in [0.2, 0.25) is 0 Å². The molecule has 0 spiro atoms. The Balaban J connectivity index is 4.07. The predicted molar refractivity (Wildman–Crippen MR) is 35.3 cm³/mol. The van der Waals surface area contributed by atoms with E-state index in [4.69, 9.17) is 19.6 Å². The molecule has 4 N–H and O–H groups in total. The molecule has 9 heteroatoms. The van der Waals surface area contributed by atoms with E-state index in [1.807, 2.05) is 30.2 Å². The Kier molecular flexibility index (Phi) is 4.04. The van der Waals surface area contributed by atoms with Crippen molar-refractivity contribution in [3.05, 3.63) is 0 Å². The van der Waals surface area contributed by atoms with Crippen LogP contribution < -0.4 is 0 Å². The molecule has 0 amide bonds. The zero-order chi connectivity index (χ0) is 7.71. The third kappa shape index (κ3) is 9.70. The summed E-state index contributed by atoms with van der Waals surface area (Å²) in [4.78, 5) is 33.7. The van der Waals surface area contributed by atoms with Gasteiger partial charge in [0.15, 0.2) is 0 Å². The molecule has 0 saturated heterocycles. The molecule has 0 atom stereocenters. The fourth-order valence-corrected chi connectivity index (χ4v) is 6.68. The third-order valence-electron chi connectivity index (χ3n) is 0.213. The van der Waals surface area contributed by atoms with E-state index in [0.29, 0.717) is 0 Å².